The van der Waals surface area contributed by atoms with Gasteiger partial charge in [-0.15, -0.1) is 11.3 Å². The number of carboxylic acids is 1. The molecule has 0 saturated carbocycles. The first-order valence-electron chi connectivity index (χ1n) is 6.13. The summed E-state index contributed by atoms with van der Waals surface area (Å²) in [5.74, 6) is -1.02. The molecule has 0 atom stereocenters. The van der Waals surface area contributed by atoms with E-state index in [2.05, 4.69) is 4.74 Å². The minimum atomic E-state index is -2.88. The maximum absolute atomic E-state index is 12.1. The Morgan fingerprint density at radius 1 is 1.38 bits per heavy atom. The number of alkyl halides is 2. The molecule has 7 heteroatoms. The van der Waals surface area contributed by atoms with Crippen molar-refractivity contribution in [2.24, 2.45) is 0 Å². The first kappa shape index (κ1) is 15.2. The molecular weight excluding hydrogens is 300 g/mol. The van der Waals surface area contributed by atoms with Crippen molar-refractivity contribution >= 4 is 23.0 Å². The summed E-state index contributed by atoms with van der Waals surface area (Å²) in [6.45, 7) is -1.00. The highest BCUT2D eigenvalue weighted by Gasteiger charge is 2.20. The molecule has 0 unspecified atom stereocenters. The Kier molecular flexibility index (Phi) is 4.42. The van der Waals surface area contributed by atoms with E-state index in [1.54, 1.807) is 12.1 Å². The van der Waals surface area contributed by atoms with Crippen LogP contribution in [0.3, 0.4) is 0 Å². The Morgan fingerprint density at radius 2 is 2.00 bits per heavy atom. The molecule has 1 aromatic heterocycles. The van der Waals surface area contributed by atoms with Crippen molar-refractivity contribution in [2.75, 3.05) is 5.73 Å². The molecule has 0 spiro atoms. The average Bonchev–Trinajstić information content (AvgIpc) is 2.76. The van der Waals surface area contributed by atoms with Crippen LogP contribution in [0.5, 0.6) is 5.75 Å². The summed E-state index contributed by atoms with van der Waals surface area (Å²) in [7, 11) is 0. The number of hydrogen-bond donors (Lipinski definition) is 2. The Labute approximate surface area is 123 Å². The Morgan fingerprint density at radius 3 is 2.48 bits per heavy atom. The van der Waals surface area contributed by atoms with Gasteiger partial charge in [-0.25, -0.2) is 4.79 Å². The fraction of sp³-hybridized carbons (Fsp3) is 0.214. The van der Waals surface area contributed by atoms with Crippen molar-refractivity contribution in [2.45, 2.75) is 20.0 Å². The Hall–Kier alpha value is -2.15. The first-order valence-corrected chi connectivity index (χ1v) is 6.95. The van der Waals surface area contributed by atoms with Crippen molar-refractivity contribution in [3.8, 4) is 16.2 Å². The fourth-order valence-corrected chi connectivity index (χ4v) is 3.16. The van der Waals surface area contributed by atoms with E-state index >= 15 is 0 Å². The smallest absolute Gasteiger partial charge is 0.387 e. The molecule has 0 saturated heterocycles. The van der Waals surface area contributed by atoms with E-state index in [0.717, 1.165) is 27.3 Å². The van der Waals surface area contributed by atoms with Crippen molar-refractivity contribution in [1.82, 2.24) is 0 Å². The van der Waals surface area contributed by atoms with Crippen LogP contribution in [0, 0.1) is 0 Å². The lowest BCUT2D eigenvalue weighted by Gasteiger charge is -2.06. The molecule has 21 heavy (non-hydrogen) atoms. The van der Waals surface area contributed by atoms with Crippen LogP contribution in [-0.4, -0.2) is 17.7 Å². The predicted octanol–water partition coefficient (Wildman–Crippen LogP) is 3.86. The zero-order valence-electron chi connectivity index (χ0n) is 11.1. The van der Waals surface area contributed by atoms with Crippen LogP contribution in [0.15, 0.2) is 24.3 Å². The van der Waals surface area contributed by atoms with E-state index in [9.17, 15) is 13.6 Å². The second-order valence-electron chi connectivity index (χ2n) is 4.21. The highest BCUT2D eigenvalue weighted by Crippen LogP contribution is 2.39. The van der Waals surface area contributed by atoms with E-state index in [1.165, 1.54) is 12.1 Å². The third-order valence-electron chi connectivity index (χ3n) is 2.94. The predicted molar refractivity (Wildman–Crippen MR) is 77.1 cm³/mol. The third kappa shape index (κ3) is 3.13. The van der Waals surface area contributed by atoms with Crippen LogP contribution in [-0.2, 0) is 6.42 Å². The summed E-state index contributed by atoms with van der Waals surface area (Å²) >= 11 is 1.08. The second-order valence-corrected chi connectivity index (χ2v) is 5.23. The number of hydrogen-bond acceptors (Lipinski definition) is 4. The lowest BCUT2D eigenvalue weighted by molar-refractivity contribution is -0.0498. The van der Waals surface area contributed by atoms with Gasteiger partial charge in [0, 0.05) is 4.88 Å². The lowest BCUT2D eigenvalue weighted by Crippen LogP contribution is -2.01. The van der Waals surface area contributed by atoms with Gasteiger partial charge in [0.25, 0.3) is 0 Å². The molecule has 4 nitrogen and oxygen atoms in total. The van der Waals surface area contributed by atoms with Crippen LogP contribution in [0.4, 0.5) is 14.5 Å². The number of nitrogen functional groups attached to an aromatic ring is 1. The number of nitrogens with two attached hydrogens (primary N) is 1. The van der Waals surface area contributed by atoms with E-state index < -0.39 is 12.6 Å². The Balaban J connectivity index is 2.42. The maximum Gasteiger partial charge on any atom is 0.387 e. The molecule has 2 rings (SSSR count). The summed E-state index contributed by atoms with van der Waals surface area (Å²) in [5.41, 5.74) is 7.59. The minimum Gasteiger partial charge on any atom is -0.477 e. The highest BCUT2D eigenvalue weighted by molar-refractivity contribution is 7.18. The first-order chi connectivity index (χ1) is 9.93. The molecule has 0 fully saturated rings. The van der Waals surface area contributed by atoms with Crippen molar-refractivity contribution in [1.29, 1.82) is 0 Å². The zero-order valence-corrected chi connectivity index (χ0v) is 11.9. The molecule has 3 N–H and O–H groups in total. The molecule has 0 aliphatic rings. The molecule has 1 heterocycles. The van der Waals surface area contributed by atoms with Gasteiger partial charge < -0.3 is 15.6 Å². The summed E-state index contributed by atoms with van der Waals surface area (Å²) in [6.07, 6.45) is 0.584. The fourth-order valence-electron chi connectivity index (χ4n) is 2.01. The summed E-state index contributed by atoms with van der Waals surface area (Å²) in [4.78, 5) is 12.0. The molecule has 112 valence electrons. The van der Waals surface area contributed by atoms with Crippen LogP contribution in [0.2, 0.25) is 0 Å². The number of halogens is 2. The zero-order chi connectivity index (χ0) is 15.6. The molecule has 1 aromatic carbocycles. The number of carboxylic acid groups (broad SMARTS) is 1. The van der Waals surface area contributed by atoms with Gasteiger partial charge in [0.05, 0.1) is 5.69 Å². The quantitative estimate of drug-likeness (QED) is 0.879. The molecule has 0 radical (unpaired) electrons. The van der Waals surface area contributed by atoms with Gasteiger partial charge in [0.15, 0.2) is 0 Å². The average molecular weight is 313 g/mol. The van der Waals surface area contributed by atoms with Crippen LogP contribution in [0.25, 0.3) is 10.4 Å². The topological polar surface area (TPSA) is 72.5 Å². The highest BCUT2D eigenvalue weighted by atomic mass is 32.1. The molecule has 0 aliphatic carbocycles. The minimum absolute atomic E-state index is 0.0507. The number of anilines is 1. The number of rotatable bonds is 5. The number of carbonyl (C=O) groups is 1. The van der Waals surface area contributed by atoms with Crippen LogP contribution in [0.1, 0.15) is 22.2 Å². The SMILES string of the molecule is CCc1c(-c2ccc(OC(F)F)cc2)sc(C(=O)O)c1N. The normalized spacial score (nSPS) is 10.9. The standard InChI is InChI=1S/C14H13F2NO3S/c1-2-9-10(17)12(13(18)19)21-11(9)7-3-5-8(6-4-7)20-14(15)16/h3-6,14H,2,17H2,1H3,(H,18,19). The summed E-state index contributed by atoms with van der Waals surface area (Å²) in [6, 6.07) is 6.04. The van der Waals surface area contributed by atoms with E-state index in [4.69, 9.17) is 10.8 Å². The van der Waals surface area contributed by atoms with Gasteiger partial charge >= 0.3 is 12.6 Å². The molecule has 2 aromatic rings. The van der Waals surface area contributed by atoms with Gasteiger partial charge in [0.1, 0.15) is 10.6 Å². The number of benzene rings is 1. The molecule has 0 bridgehead atoms. The molecule has 0 amide bonds. The van der Waals surface area contributed by atoms with E-state index in [-0.39, 0.29) is 16.3 Å². The summed E-state index contributed by atoms with van der Waals surface area (Å²) < 4.78 is 28.5. The van der Waals surface area contributed by atoms with E-state index in [1.807, 2.05) is 6.92 Å². The lowest BCUT2D eigenvalue weighted by atomic mass is 10.1. The maximum atomic E-state index is 12.1. The van der Waals surface area contributed by atoms with Gasteiger partial charge in [-0.2, -0.15) is 8.78 Å². The molecule has 0 aliphatic heterocycles. The van der Waals surface area contributed by atoms with Crippen molar-refractivity contribution < 1.29 is 23.4 Å². The Bertz CT molecular complexity index is 653. The number of aromatic carboxylic acids is 1. The van der Waals surface area contributed by atoms with Gasteiger partial charge in [-0.05, 0) is 41.8 Å². The van der Waals surface area contributed by atoms with Gasteiger partial charge in [-0.3, -0.25) is 0 Å². The van der Waals surface area contributed by atoms with Crippen LogP contribution >= 0.6 is 11.3 Å². The van der Waals surface area contributed by atoms with Crippen molar-refractivity contribution in [3.63, 3.8) is 0 Å². The van der Waals surface area contributed by atoms with Crippen LogP contribution < -0.4 is 10.5 Å². The molecular formula is C14H13F2NO3S. The van der Waals surface area contributed by atoms with Crippen molar-refractivity contribution in [3.05, 3.63) is 34.7 Å². The number of ether oxygens (including phenoxy) is 1. The third-order valence-corrected chi connectivity index (χ3v) is 4.22. The second kappa shape index (κ2) is 6.09. The largest absolute Gasteiger partial charge is 0.477 e. The summed E-state index contributed by atoms with van der Waals surface area (Å²) in [5, 5.41) is 9.12. The monoisotopic (exact) mass is 313 g/mol. The van der Waals surface area contributed by atoms with Gasteiger partial charge in [0.2, 0.25) is 0 Å². The van der Waals surface area contributed by atoms with Gasteiger partial charge in [-0.1, -0.05) is 6.92 Å². The van der Waals surface area contributed by atoms with E-state index in [0.29, 0.717) is 6.42 Å². The number of thiophene rings is 1.